The zero-order valence-electron chi connectivity index (χ0n) is 6.92. The van der Waals surface area contributed by atoms with Gasteiger partial charge in [-0.15, -0.1) is 0 Å². The summed E-state index contributed by atoms with van der Waals surface area (Å²) < 4.78 is 11.0. The molecule has 0 aliphatic heterocycles. The number of ether oxygens (including phenoxy) is 1. The van der Waals surface area contributed by atoms with Crippen LogP contribution in [0.1, 0.15) is 18.2 Å². The van der Waals surface area contributed by atoms with Gasteiger partial charge in [0.05, 0.1) is 16.8 Å². The van der Waals surface area contributed by atoms with Crippen molar-refractivity contribution < 1.29 is 9.15 Å². The summed E-state index contributed by atoms with van der Waals surface area (Å²) in [5.74, 6) is 0.784. The molecule has 1 aromatic rings. The Kier molecular flexibility index (Phi) is 3.78. The predicted molar refractivity (Wildman–Crippen MR) is 49.8 cm³/mol. The van der Waals surface area contributed by atoms with E-state index in [0.29, 0.717) is 6.61 Å². The maximum atomic E-state index is 5.82. The summed E-state index contributed by atoms with van der Waals surface area (Å²) in [6.07, 6.45) is 2.38. The standard InChI is InChI=1S/C8H12BrNO2/c1-11-4-3-7(10)8-6(9)2-5-12-8/h2,5,7H,3-4,10H2,1H3. The molecule has 4 heteroatoms. The Balaban J connectivity index is 2.52. The summed E-state index contributed by atoms with van der Waals surface area (Å²) in [7, 11) is 1.66. The van der Waals surface area contributed by atoms with E-state index >= 15 is 0 Å². The molecule has 68 valence electrons. The highest BCUT2D eigenvalue weighted by atomic mass is 79.9. The zero-order chi connectivity index (χ0) is 8.97. The van der Waals surface area contributed by atoms with Crippen molar-refractivity contribution in [2.45, 2.75) is 12.5 Å². The van der Waals surface area contributed by atoms with Crippen LogP contribution in [0.25, 0.3) is 0 Å². The SMILES string of the molecule is COCCC(N)c1occc1Br. The van der Waals surface area contributed by atoms with E-state index in [-0.39, 0.29) is 6.04 Å². The molecule has 0 saturated heterocycles. The monoisotopic (exact) mass is 233 g/mol. The first-order valence-corrected chi connectivity index (χ1v) is 4.52. The molecule has 1 unspecified atom stereocenters. The zero-order valence-corrected chi connectivity index (χ0v) is 8.50. The lowest BCUT2D eigenvalue weighted by atomic mass is 10.2. The molecular weight excluding hydrogens is 222 g/mol. The third-order valence-corrected chi connectivity index (χ3v) is 2.27. The summed E-state index contributed by atoms with van der Waals surface area (Å²) in [6.45, 7) is 0.647. The van der Waals surface area contributed by atoms with Crippen LogP contribution in [0.2, 0.25) is 0 Å². The highest BCUT2D eigenvalue weighted by molar-refractivity contribution is 9.10. The lowest BCUT2D eigenvalue weighted by Gasteiger charge is -2.07. The van der Waals surface area contributed by atoms with E-state index in [4.69, 9.17) is 14.9 Å². The maximum absolute atomic E-state index is 5.82. The molecule has 0 amide bonds. The van der Waals surface area contributed by atoms with Crippen molar-refractivity contribution in [2.75, 3.05) is 13.7 Å². The van der Waals surface area contributed by atoms with Crippen LogP contribution in [0.15, 0.2) is 21.2 Å². The van der Waals surface area contributed by atoms with Gasteiger partial charge in [-0.25, -0.2) is 0 Å². The Morgan fingerprint density at radius 3 is 3.00 bits per heavy atom. The minimum absolute atomic E-state index is 0.0886. The molecule has 0 bridgehead atoms. The van der Waals surface area contributed by atoms with Gasteiger partial charge in [0, 0.05) is 13.7 Å². The van der Waals surface area contributed by atoms with E-state index in [1.54, 1.807) is 13.4 Å². The van der Waals surface area contributed by atoms with Gasteiger partial charge in [0.1, 0.15) is 5.76 Å². The Hall–Kier alpha value is -0.320. The lowest BCUT2D eigenvalue weighted by Crippen LogP contribution is -2.12. The third kappa shape index (κ3) is 2.33. The van der Waals surface area contributed by atoms with Crippen molar-refractivity contribution in [3.05, 3.63) is 22.6 Å². The van der Waals surface area contributed by atoms with Crippen LogP contribution >= 0.6 is 15.9 Å². The Morgan fingerprint density at radius 1 is 1.75 bits per heavy atom. The fraction of sp³-hybridized carbons (Fsp3) is 0.500. The molecule has 0 aromatic carbocycles. The van der Waals surface area contributed by atoms with Crippen LogP contribution in [0.4, 0.5) is 0 Å². The minimum Gasteiger partial charge on any atom is -0.466 e. The molecule has 1 aromatic heterocycles. The molecule has 0 spiro atoms. The average Bonchev–Trinajstić information content (AvgIpc) is 2.47. The van der Waals surface area contributed by atoms with Gasteiger partial charge in [0.2, 0.25) is 0 Å². The molecule has 1 atom stereocenters. The van der Waals surface area contributed by atoms with Gasteiger partial charge in [0.25, 0.3) is 0 Å². The number of nitrogens with two attached hydrogens (primary N) is 1. The van der Waals surface area contributed by atoms with Crippen LogP contribution < -0.4 is 5.73 Å². The topological polar surface area (TPSA) is 48.4 Å². The Bertz CT molecular complexity index is 237. The molecule has 0 fully saturated rings. The van der Waals surface area contributed by atoms with Crippen molar-refractivity contribution >= 4 is 15.9 Å². The largest absolute Gasteiger partial charge is 0.466 e. The fourth-order valence-electron chi connectivity index (χ4n) is 0.946. The van der Waals surface area contributed by atoms with Gasteiger partial charge in [-0.2, -0.15) is 0 Å². The van der Waals surface area contributed by atoms with Crippen molar-refractivity contribution in [1.82, 2.24) is 0 Å². The van der Waals surface area contributed by atoms with Gasteiger partial charge in [-0.1, -0.05) is 0 Å². The molecule has 0 radical (unpaired) electrons. The van der Waals surface area contributed by atoms with Gasteiger partial charge < -0.3 is 14.9 Å². The molecule has 0 aliphatic rings. The van der Waals surface area contributed by atoms with E-state index in [2.05, 4.69) is 15.9 Å². The van der Waals surface area contributed by atoms with Crippen molar-refractivity contribution in [1.29, 1.82) is 0 Å². The number of rotatable bonds is 4. The number of halogens is 1. The molecule has 0 aliphatic carbocycles. The van der Waals surface area contributed by atoms with Crippen LogP contribution in [0.3, 0.4) is 0 Å². The second-order valence-electron chi connectivity index (χ2n) is 2.52. The van der Waals surface area contributed by atoms with Crippen LogP contribution in [0, 0.1) is 0 Å². The number of methoxy groups -OCH3 is 1. The highest BCUT2D eigenvalue weighted by Crippen LogP contribution is 2.24. The van der Waals surface area contributed by atoms with E-state index in [0.717, 1.165) is 16.7 Å². The molecule has 0 saturated carbocycles. The first-order chi connectivity index (χ1) is 5.75. The van der Waals surface area contributed by atoms with Crippen molar-refractivity contribution in [3.8, 4) is 0 Å². The fourth-order valence-corrected chi connectivity index (χ4v) is 1.44. The lowest BCUT2D eigenvalue weighted by molar-refractivity contribution is 0.185. The van der Waals surface area contributed by atoms with Crippen LogP contribution in [-0.2, 0) is 4.74 Å². The van der Waals surface area contributed by atoms with E-state index < -0.39 is 0 Å². The van der Waals surface area contributed by atoms with Crippen LogP contribution in [-0.4, -0.2) is 13.7 Å². The Labute approximate surface area is 80.0 Å². The normalized spacial score (nSPS) is 13.2. The van der Waals surface area contributed by atoms with Gasteiger partial charge in [-0.3, -0.25) is 0 Å². The smallest absolute Gasteiger partial charge is 0.134 e. The van der Waals surface area contributed by atoms with Gasteiger partial charge >= 0.3 is 0 Å². The van der Waals surface area contributed by atoms with Gasteiger partial charge in [-0.05, 0) is 28.4 Å². The van der Waals surface area contributed by atoms with E-state index in [1.807, 2.05) is 6.07 Å². The first kappa shape index (κ1) is 9.77. The second kappa shape index (κ2) is 4.64. The van der Waals surface area contributed by atoms with E-state index in [1.165, 1.54) is 0 Å². The van der Waals surface area contributed by atoms with Crippen molar-refractivity contribution in [3.63, 3.8) is 0 Å². The highest BCUT2D eigenvalue weighted by Gasteiger charge is 2.12. The number of furan rings is 1. The summed E-state index contributed by atoms with van der Waals surface area (Å²) in [5, 5.41) is 0. The molecular formula is C8H12BrNO2. The maximum Gasteiger partial charge on any atom is 0.134 e. The molecule has 1 rings (SSSR count). The molecule has 2 N–H and O–H groups in total. The third-order valence-electron chi connectivity index (χ3n) is 1.61. The minimum atomic E-state index is -0.0886. The first-order valence-electron chi connectivity index (χ1n) is 3.73. The van der Waals surface area contributed by atoms with Gasteiger partial charge in [0.15, 0.2) is 0 Å². The molecule has 12 heavy (non-hydrogen) atoms. The second-order valence-corrected chi connectivity index (χ2v) is 3.38. The summed E-state index contributed by atoms with van der Waals surface area (Å²) in [4.78, 5) is 0. The summed E-state index contributed by atoms with van der Waals surface area (Å²) in [6, 6.07) is 1.75. The number of hydrogen-bond acceptors (Lipinski definition) is 3. The Morgan fingerprint density at radius 2 is 2.50 bits per heavy atom. The predicted octanol–water partition coefficient (Wildman–Crippen LogP) is 2.08. The van der Waals surface area contributed by atoms with Crippen LogP contribution in [0.5, 0.6) is 0 Å². The summed E-state index contributed by atoms with van der Waals surface area (Å²) >= 11 is 3.34. The number of hydrogen-bond donors (Lipinski definition) is 1. The quantitative estimate of drug-likeness (QED) is 0.867. The van der Waals surface area contributed by atoms with Crippen molar-refractivity contribution in [2.24, 2.45) is 5.73 Å². The average molecular weight is 234 g/mol. The van der Waals surface area contributed by atoms with E-state index in [9.17, 15) is 0 Å². The molecule has 3 nitrogen and oxygen atoms in total. The molecule has 1 heterocycles. The summed E-state index contributed by atoms with van der Waals surface area (Å²) in [5.41, 5.74) is 5.82.